The zero-order valence-corrected chi connectivity index (χ0v) is 10.3. The van der Waals surface area contributed by atoms with Crippen LogP contribution in [-0.4, -0.2) is 5.75 Å². The highest BCUT2D eigenvalue weighted by Crippen LogP contribution is 2.28. The van der Waals surface area contributed by atoms with Crippen molar-refractivity contribution in [3.05, 3.63) is 15.0 Å². The SMILES string of the molecule is CCCCSc1ccc(I)s1. The quantitative estimate of drug-likeness (QED) is 0.455. The van der Waals surface area contributed by atoms with Crippen LogP contribution in [0.25, 0.3) is 0 Å². The third kappa shape index (κ3) is 3.80. The van der Waals surface area contributed by atoms with Crippen LogP contribution in [0.15, 0.2) is 16.3 Å². The minimum Gasteiger partial charge on any atom is -0.123 e. The Bertz CT molecular complexity index is 208. The molecule has 0 fully saturated rings. The Morgan fingerprint density at radius 3 is 2.91 bits per heavy atom. The average molecular weight is 298 g/mol. The first-order valence-electron chi connectivity index (χ1n) is 3.71. The topological polar surface area (TPSA) is 0 Å². The highest BCUT2D eigenvalue weighted by molar-refractivity contribution is 14.1. The second-order valence-electron chi connectivity index (χ2n) is 2.26. The van der Waals surface area contributed by atoms with Crippen molar-refractivity contribution in [2.75, 3.05) is 5.75 Å². The molecular weight excluding hydrogens is 287 g/mol. The summed E-state index contributed by atoms with van der Waals surface area (Å²) in [5, 5.41) is 0. The molecular formula is C8H11IS2. The first-order chi connectivity index (χ1) is 5.33. The van der Waals surface area contributed by atoms with Gasteiger partial charge in [-0.25, -0.2) is 0 Å². The van der Waals surface area contributed by atoms with Gasteiger partial charge in [-0.2, -0.15) is 0 Å². The lowest BCUT2D eigenvalue weighted by molar-refractivity contribution is 0.896. The largest absolute Gasteiger partial charge is 0.123 e. The van der Waals surface area contributed by atoms with Crippen LogP contribution in [0.1, 0.15) is 19.8 Å². The number of unbranched alkanes of at least 4 members (excludes halogenated alkanes) is 1. The zero-order valence-electron chi connectivity index (χ0n) is 6.47. The summed E-state index contributed by atoms with van der Waals surface area (Å²) in [7, 11) is 0. The van der Waals surface area contributed by atoms with E-state index in [1.807, 2.05) is 23.1 Å². The van der Waals surface area contributed by atoms with Crippen LogP contribution >= 0.6 is 45.7 Å². The van der Waals surface area contributed by atoms with E-state index in [0.717, 1.165) is 0 Å². The van der Waals surface area contributed by atoms with E-state index in [1.165, 1.54) is 25.7 Å². The van der Waals surface area contributed by atoms with Gasteiger partial charge in [0.15, 0.2) is 0 Å². The molecule has 0 radical (unpaired) electrons. The molecule has 0 nitrogen and oxygen atoms in total. The molecule has 0 aromatic carbocycles. The molecule has 62 valence electrons. The Hall–Kier alpha value is 0.780. The monoisotopic (exact) mass is 298 g/mol. The van der Waals surface area contributed by atoms with Gasteiger partial charge in [0, 0.05) is 0 Å². The van der Waals surface area contributed by atoms with Crippen LogP contribution < -0.4 is 0 Å². The van der Waals surface area contributed by atoms with Crippen molar-refractivity contribution in [2.45, 2.75) is 24.0 Å². The number of thiophene rings is 1. The molecule has 1 rings (SSSR count). The van der Waals surface area contributed by atoms with Crippen LogP contribution in [0.3, 0.4) is 0 Å². The van der Waals surface area contributed by atoms with Crippen LogP contribution in [0, 0.1) is 2.88 Å². The number of hydrogen-bond acceptors (Lipinski definition) is 2. The molecule has 11 heavy (non-hydrogen) atoms. The third-order valence-corrected chi connectivity index (χ3v) is 4.50. The van der Waals surface area contributed by atoms with E-state index in [2.05, 4.69) is 41.6 Å². The number of halogens is 1. The van der Waals surface area contributed by atoms with Crippen molar-refractivity contribution in [1.82, 2.24) is 0 Å². The molecule has 0 unspecified atom stereocenters. The minimum atomic E-state index is 1.27. The Morgan fingerprint density at radius 2 is 2.36 bits per heavy atom. The molecule has 1 aromatic heterocycles. The van der Waals surface area contributed by atoms with E-state index >= 15 is 0 Å². The van der Waals surface area contributed by atoms with Gasteiger partial charge in [0.05, 0.1) is 7.09 Å². The fourth-order valence-electron chi connectivity index (χ4n) is 0.692. The van der Waals surface area contributed by atoms with Gasteiger partial charge in [-0.15, -0.1) is 23.1 Å². The fraction of sp³-hybridized carbons (Fsp3) is 0.500. The molecule has 0 bridgehead atoms. The molecule has 0 N–H and O–H groups in total. The number of thioether (sulfide) groups is 1. The van der Waals surface area contributed by atoms with E-state index in [-0.39, 0.29) is 0 Å². The molecule has 0 amide bonds. The summed E-state index contributed by atoms with van der Waals surface area (Å²) in [6.07, 6.45) is 2.63. The van der Waals surface area contributed by atoms with E-state index in [4.69, 9.17) is 0 Å². The standard InChI is InChI=1S/C8H11IS2/c1-2-3-6-10-8-5-4-7(9)11-8/h4-5H,2-3,6H2,1H3. The van der Waals surface area contributed by atoms with Crippen LogP contribution in [-0.2, 0) is 0 Å². The maximum absolute atomic E-state index is 2.37. The van der Waals surface area contributed by atoms with E-state index in [1.54, 1.807) is 0 Å². The van der Waals surface area contributed by atoms with Gasteiger partial charge in [0.2, 0.25) is 0 Å². The Kier molecular flexibility index (Phi) is 4.87. The second kappa shape index (κ2) is 5.43. The van der Waals surface area contributed by atoms with Crippen molar-refractivity contribution in [2.24, 2.45) is 0 Å². The number of hydrogen-bond donors (Lipinski definition) is 0. The minimum absolute atomic E-state index is 1.27. The van der Waals surface area contributed by atoms with Crippen molar-refractivity contribution in [3.8, 4) is 0 Å². The summed E-state index contributed by atoms with van der Waals surface area (Å²) in [5.74, 6) is 1.27. The van der Waals surface area contributed by atoms with Crippen molar-refractivity contribution in [3.63, 3.8) is 0 Å². The molecule has 1 aromatic rings. The normalized spacial score (nSPS) is 10.4. The fourth-order valence-corrected chi connectivity index (χ4v) is 4.05. The number of rotatable bonds is 4. The van der Waals surface area contributed by atoms with E-state index in [9.17, 15) is 0 Å². The average Bonchev–Trinajstić information content (AvgIpc) is 2.37. The molecule has 3 heteroatoms. The molecule has 0 saturated heterocycles. The van der Waals surface area contributed by atoms with Crippen molar-refractivity contribution < 1.29 is 0 Å². The molecule has 0 aliphatic carbocycles. The third-order valence-electron chi connectivity index (χ3n) is 1.29. The van der Waals surface area contributed by atoms with Gasteiger partial charge >= 0.3 is 0 Å². The Balaban J connectivity index is 2.27. The van der Waals surface area contributed by atoms with Crippen molar-refractivity contribution >= 4 is 45.7 Å². The lowest BCUT2D eigenvalue weighted by Crippen LogP contribution is -1.73. The first kappa shape index (κ1) is 9.86. The Morgan fingerprint density at radius 1 is 1.55 bits per heavy atom. The predicted molar refractivity (Wildman–Crippen MR) is 62.7 cm³/mol. The highest BCUT2D eigenvalue weighted by atomic mass is 127. The molecule has 0 aliphatic rings. The summed E-state index contributed by atoms with van der Waals surface area (Å²) in [6, 6.07) is 4.40. The second-order valence-corrected chi connectivity index (χ2v) is 6.63. The summed E-state index contributed by atoms with van der Waals surface area (Å²) in [5.41, 5.74) is 0. The van der Waals surface area contributed by atoms with Crippen LogP contribution in [0.5, 0.6) is 0 Å². The summed E-state index contributed by atoms with van der Waals surface area (Å²) in [4.78, 5) is 0. The molecule has 0 saturated carbocycles. The summed E-state index contributed by atoms with van der Waals surface area (Å²) in [6.45, 7) is 2.23. The summed E-state index contributed by atoms with van der Waals surface area (Å²) < 4.78 is 2.85. The molecule has 0 spiro atoms. The van der Waals surface area contributed by atoms with E-state index in [0.29, 0.717) is 0 Å². The first-order valence-corrected chi connectivity index (χ1v) is 6.59. The smallest absolute Gasteiger partial charge is 0.0665 e. The van der Waals surface area contributed by atoms with Gasteiger partial charge < -0.3 is 0 Å². The molecule has 0 atom stereocenters. The predicted octanol–water partition coefficient (Wildman–Crippen LogP) is 4.24. The lowest BCUT2D eigenvalue weighted by atomic mass is 10.4. The lowest BCUT2D eigenvalue weighted by Gasteiger charge is -1.93. The van der Waals surface area contributed by atoms with Gasteiger partial charge in [-0.3, -0.25) is 0 Å². The van der Waals surface area contributed by atoms with Gasteiger partial charge in [0.25, 0.3) is 0 Å². The maximum Gasteiger partial charge on any atom is 0.0665 e. The maximum atomic E-state index is 2.37. The van der Waals surface area contributed by atoms with Gasteiger partial charge in [-0.1, -0.05) is 13.3 Å². The summed E-state index contributed by atoms with van der Waals surface area (Å²) >= 11 is 6.23. The Labute approximate surface area is 89.9 Å². The van der Waals surface area contributed by atoms with Crippen LogP contribution in [0.2, 0.25) is 0 Å². The zero-order chi connectivity index (χ0) is 8.10. The van der Waals surface area contributed by atoms with E-state index < -0.39 is 0 Å². The van der Waals surface area contributed by atoms with Gasteiger partial charge in [-0.05, 0) is 46.9 Å². The molecule has 1 heterocycles. The van der Waals surface area contributed by atoms with Gasteiger partial charge in [0.1, 0.15) is 0 Å². The molecule has 0 aliphatic heterocycles. The van der Waals surface area contributed by atoms with Crippen molar-refractivity contribution in [1.29, 1.82) is 0 Å². The highest BCUT2D eigenvalue weighted by Gasteiger charge is 1.96. The van der Waals surface area contributed by atoms with Crippen LogP contribution in [0.4, 0.5) is 0 Å².